The van der Waals surface area contributed by atoms with E-state index in [-0.39, 0.29) is 23.9 Å². The fourth-order valence-electron chi connectivity index (χ4n) is 3.52. The Morgan fingerprint density at radius 1 is 1.15 bits per heavy atom. The average molecular weight is 365 g/mol. The molecule has 0 bridgehead atoms. The van der Waals surface area contributed by atoms with E-state index in [1.807, 2.05) is 36.1 Å². The van der Waals surface area contributed by atoms with Gasteiger partial charge in [0, 0.05) is 25.1 Å². The quantitative estimate of drug-likeness (QED) is 0.669. The Labute approximate surface area is 160 Å². The Morgan fingerprint density at radius 2 is 1.81 bits per heavy atom. The lowest BCUT2D eigenvalue weighted by molar-refractivity contribution is -0.133. The molecule has 4 heteroatoms. The van der Waals surface area contributed by atoms with Gasteiger partial charge >= 0.3 is 0 Å². The Kier molecular flexibility index (Phi) is 6.26. The zero-order valence-electron chi connectivity index (χ0n) is 15.5. The normalized spacial score (nSPS) is 16.2. The Bertz CT molecular complexity index is 808. The molecule has 0 radical (unpaired) electrons. The molecule has 2 aromatic carbocycles. The molecule has 0 unspecified atom stereocenters. The van der Waals surface area contributed by atoms with Crippen molar-refractivity contribution in [2.45, 2.75) is 38.3 Å². The molecular formula is C23H24FNO2. The van der Waals surface area contributed by atoms with Gasteiger partial charge in [0.2, 0.25) is 5.91 Å². The van der Waals surface area contributed by atoms with Crippen molar-refractivity contribution in [1.29, 1.82) is 0 Å². The molecule has 1 heterocycles. The van der Waals surface area contributed by atoms with Gasteiger partial charge in [-0.05, 0) is 48.2 Å². The van der Waals surface area contributed by atoms with E-state index in [1.54, 1.807) is 12.1 Å². The molecular weight excluding hydrogens is 341 g/mol. The van der Waals surface area contributed by atoms with Crippen molar-refractivity contribution >= 4 is 5.91 Å². The molecule has 1 amide bonds. The van der Waals surface area contributed by atoms with Crippen molar-refractivity contribution in [3.63, 3.8) is 0 Å². The second-order valence-electron chi connectivity index (χ2n) is 6.74. The van der Waals surface area contributed by atoms with E-state index in [9.17, 15) is 9.18 Å². The number of nitrogens with zero attached hydrogens (tertiary/aromatic N) is 1. The number of benzene rings is 2. The first kappa shape index (κ1) is 19.1. The molecule has 140 valence electrons. The third-order valence-corrected chi connectivity index (χ3v) is 4.85. The van der Waals surface area contributed by atoms with Gasteiger partial charge in [-0.2, -0.15) is 0 Å². The maximum Gasteiger partial charge on any atom is 0.223 e. The van der Waals surface area contributed by atoms with Gasteiger partial charge < -0.3 is 9.64 Å². The summed E-state index contributed by atoms with van der Waals surface area (Å²) in [6, 6.07) is 13.7. The highest BCUT2D eigenvalue weighted by Crippen LogP contribution is 2.39. The van der Waals surface area contributed by atoms with E-state index < -0.39 is 0 Å². The summed E-state index contributed by atoms with van der Waals surface area (Å²) in [5.74, 6) is 2.43. The van der Waals surface area contributed by atoms with Crippen molar-refractivity contribution in [1.82, 2.24) is 4.90 Å². The summed E-state index contributed by atoms with van der Waals surface area (Å²) in [5.41, 5.74) is 2.62. The molecule has 2 aromatic rings. The van der Waals surface area contributed by atoms with Crippen molar-refractivity contribution in [3.05, 3.63) is 71.0 Å². The van der Waals surface area contributed by atoms with Crippen LogP contribution in [0.15, 0.2) is 48.5 Å². The minimum atomic E-state index is -0.343. The lowest BCUT2D eigenvalue weighted by Crippen LogP contribution is -2.35. The van der Waals surface area contributed by atoms with Crippen molar-refractivity contribution in [2.24, 2.45) is 0 Å². The molecule has 1 saturated heterocycles. The van der Waals surface area contributed by atoms with Crippen LogP contribution in [0.25, 0.3) is 0 Å². The van der Waals surface area contributed by atoms with Gasteiger partial charge in [0.05, 0.1) is 6.04 Å². The number of rotatable bonds is 7. The number of carbonyl (C=O) groups is 1. The molecule has 0 saturated carbocycles. The lowest BCUT2D eigenvalue weighted by atomic mass is 9.93. The van der Waals surface area contributed by atoms with E-state index in [1.165, 1.54) is 12.1 Å². The van der Waals surface area contributed by atoms with Gasteiger partial charge in [0.25, 0.3) is 0 Å². The van der Waals surface area contributed by atoms with Gasteiger partial charge in [0.1, 0.15) is 11.9 Å². The van der Waals surface area contributed by atoms with Gasteiger partial charge in [0.15, 0.2) is 0 Å². The number of ether oxygens (including phenoxy) is 1. The largest absolute Gasteiger partial charge is 0.371 e. The minimum absolute atomic E-state index is 0.106. The van der Waals surface area contributed by atoms with Crippen LogP contribution in [0.1, 0.15) is 55.0 Å². The molecule has 1 aliphatic heterocycles. The summed E-state index contributed by atoms with van der Waals surface area (Å²) < 4.78 is 19.7. The van der Waals surface area contributed by atoms with Gasteiger partial charge in [-0.25, -0.2) is 4.39 Å². The third-order valence-electron chi connectivity index (χ3n) is 4.85. The Morgan fingerprint density at radius 3 is 2.37 bits per heavy atom. The molecule has 1 fully saturated rings. The maximum absolute atomic E-state index is 13.5. The fraction of sp³-hybridized carbons (Fsp3) is 0.348. The van der Waals surface area contributed by atoms with E-state index in [0.717, 1.165) is 29.5 Å². The van der Waals surface area contributed by atoms with Crippen molar-refractivity contribution in [2.75, 3.05) is 13.2 Å². The number of carbonyl (C=O) groups excluding carboxylic acids is 1. The first-order valence-corrected chi connectivity index (χ1v) is 9.37. The van der Waals surface area contributed by atoms with Crippen LogP contribution in [0.2, 0.25) is 0 Å². The summed E-state index contributed by atoms with van der Waals surface area (Å²) in [6.45, 7) is 3.29. The van der Waals surface area contributed by atoms with E-state index in [2.05, 4.69) is 5.92 Å². The number of hydrogen-bond donors (Lipinski definition) is 0. The second-order valence-corrected chi connectivity index (χ2v) is 6.74. The highest BCUT2D eigenvalue weighted by Gasteiger charge is 2.36. The summed E-state index contributed by atoms with van der Waals surface area (Å²) >= 11 is 0. The van der Waals surface area contributed by atoms with Crippen molar-refractivity contribution < 1.29 is 13.9 Å². The molecule has 0 aromatic heterocycles. The van der Waals surface area contributed by atoms with Crippen molar-refractivity contribution in [3.8, 4) is 12.3 Å². The molecule has 1 aliphatic rings. The van der Waals surface area contributed by atoms with Crippen LogP contribution in [0.3, 0.4) is 0 Å². The van der Waals surface area contributed by atoms with Gasteiger partial charge in [-0.15, -0.1) is 6.42 Å². The first-order chi connectivity index (χ1) is 13.1. The Balaban J connectivity index is 2.04. The average Bonchev–Trinajstić information content (AvgIpc) is 3.12. The number of likely N-dealkylation sites (tertiary alicyclic amines) is 1. The second kappa shape index (κ2) is 8.83. The zero-order valence-corrected chi connectivity index (χ0v) is 15.5. The van der Waals surface area contributed by atoms with Crippen LogP contribution in [0.4, 0.5) is 4.39 Å². The first-order valence-electron chi connectivity index (χ1n) is 9.37. The molecule has 3 rings (SSSR count). The van der Waals surface area contributed by atoms with E-state index in [0.29, 0.717) is 19.6 Å². The third kappa shape index (κ3) is 4.37. The van der Waals surface area contributed by atoms with Crippen LogP contribution >= 0.6 is 0 Å². The summed E-state index contributed by atoms with van der Waals surface area (Å²) in [4.78, 5) is 14.4. The van der Waals surface area contributed by atoms with Crippen LogP contribution in [-0.4, -0.2) is 24.0 Å². The zero-order chi connectivity index (χ0) is 19.2. The Hall–Kier alpha value is -2.64. The smallest absolute Gasteiger partial charge is 0.223 e. The number of terminal acetylenes is 1. The molecule has 0 aliphatic carbocycles. The molecule has 0 spiro atoms. The summed E-state index contributed by atoms with van der Waals surface area (Å²) in [5, 5.41) is 0. The van der Waals surface area contributed by atoms with E-state index >= 15 is 0 Å². The van der Waals surface area contributed by atoms with Gasteiger partial charge in [-0.1, -0.05) is 37.1 Å². The standard InChI is InChI=1S/C23H24FNO2/c1-3-16-27-23(19-9-7-17(4-2)8-10-19)22(25-15-5-6-21(25)26)18-11-13-20(24)14-12-18/h2,7-14,22-23H,3,5-6,15-16H2,1H3/t22-,23+/m0/s1. The fourth-order valence-corrected chi connectivity index (χ4v) is 3.52. The lowest BCUT2D eigenvalue weighted by Gasteiger charge is -2.35. The van der Waals surface area contributed by atoms with Crippen LogP contribution in [0, 0.1) is 18.2 Å². The summed E-state index contributed by atoms with van der Waals surface area (Å²) in [6.07, 6.45) is 7.35. The number of halogens is 1. The number of amides is 1. The highest BCUT2D eigenvalue weighted by atomic mass is 19.1. The maximum atomic E-state index is 13.5. The molecule has 27 heavy (non-hydrogen) atoms. The van der Waals surface area contributed by atoms with Crippen LogP contribution in [-0.2, 0) is 9.53 Å². The van der Waals surface area contributed by atoms with E-state index in [4.69, 9.17) is 11.2 Å². The number of hydrogen-bond acceptors (Lipinski definition) is 2. The minimum Gasteiger partial charge on any atom is -0.371 e. The van der Waals surface area contributed by atoms with Gasteiger partial charge in [-0.3, -0.25) is 4.79 Å². The molecule has 2 atom stereocenters. The molecule has 0 N–H and O–H groups in total. The molecule has 3 nitrogen and oxygen atoms in total. The monoisotopic (exact) mass is 365 g/mol. The highest BCUT2D eigenvalue weighted by molar-refractivity contribution is 5.78. The predicted molar refractivity (Wildman–Crippen MR) is 103 cm³/mol. The summed E-state index contributed by atoms with van der Waals surface area (Å²) in [7, 11) is 0. The predicted octanol–water partition coefficient (Wildman–Crippen LogP) is 4.64. The van der Waals surface area contributed by atoms with Crippen LogP contribution in [0.5, 0.6) is 0 Å². The topological polar surface area (TPSA) is 29.5 Å². The SMILES string of the molecule is C#Cc1ccc([C@@H](OCCC)[C@H](c2ccc(F)cc2)N2CCCC2=O)cc1. The van der Waals surface area contributed by atoms with Crippen LogP contribution < -0.4 is 0 Å².